The average Bonchev–Trinajstić information content (AvgIpc) is 3.63. The fourth-order valence-electron chi connectivity index (χ4n) is 8.01. The van der Waals surface area contributed by atoms with Crippen molar-refractivity contribution in [3.63, 3.8) is 0 Å². The first kappa shape index (κ1) is 30.8. The molecule has 0 saturated heterocycles. The van der Waals surface area contributed by atoms with Crippen LogP contribution in [0.4, 0.5) is 0 Å². The summed E-state index contributed by atoms with van der Waals surface area (Å²) in [4.78, 5) is 5.08. The largest absolute Gasteiger partial charge is 0.292 e. The number of benzene rings is 9. The molecule has 0 bridgehead atoms. The third-order valence-electron chi connectivity index (χ3n) is 10.4. The minimum Gasteiger partial charge on any atom is -0.292 e. The average molecular weight is 675 g/mol. The van der Waals surface area contributed by atoms with Crippen LogP contribution in [0.3, 0.4) is 0 Å². The van der Waals surface area contributed by atoms with E-state index < -0.39 is 0 Å². The molecule has 0 aliphatic carbocycles. The predicted molar refractivity (Wildman–Crippen MR) is 223 cm³/mol. The first-order valence-electron chi connectivity index (χ1n) is 18.1. The summed E-state index contributed by atoms with van der Waals surface area (Å²) < 4.78 is 2.28. The van der Waals surface area contributed by atoms with Crippen LogP contribution in [-0.4, -0.2) is 9.55 Å². The van der Waals surface area contributed by atoms with E-state index in [1.165, 1.54) is 66.1 Å². The van der Waals surface area contributed by atoms with Crippen LogP contribution in [0, 0.1) is 0 Å². The van der Waals surface area contributed by atoms with Gasteiger partial charge < -0.3 is 0 Å². The van der Waals surface area contributed by atoms with Crippen molar-refractivity contribution in [2.24, 2.45) is 0 Å². The molecule has 1 aromatic heterocycles. The number of hydrogen-bond acceptors (Lipinski definition) is 1. The van der Waals surface area contributed by atoms with Crippen molar-refractivity contribution < 1.29 is 0 Å². The number of hydrogen-bond donors (Lipinski definition) is 0. The van der Waals surface area contributed by atoms with Crippen molar-refractivity contribution in [3.8, 4) is 61.6 Å². The quantitative estimate of drug-likeness (QED) is 0.161. The second-order valence-corrected chi connectivity index (χ2v) is 13.5. The Hall–Kier alpha value is -7.03. The molecular formula is C51H34N2. The van der Waals surface area contributed by atoms with Crippen LogP contribution in [-0.2, 0) is 0 Å². The molecule has 0 fully saturated rings. The third-order valence-corrected chi connectivity index (χ3v) is 10.4. The van der Waals surface area contributed by atoms with Gasteiger partial charge in [0.25, 0.3) is 0 Å². The van der Waals surface area contributed by atoms with E-state index in [0.29, 0.717) is 0 Å². The van der Waals surface area contributed by atoms with Crippen LogP contribution in [0.5, 0.6) is 0 Å². The Morgan fingerprint density at radius 2 is 0.811 bits per heavy atom. The molecule has 0 saturated carbocycles. The van der Waals surface area contributed by atoms with E-state index in [1.807, 2.05) is 6.07 Å². The minimum absolute atomic E-state index is 0.937. The van der Waals surface area contributed by atoms with E-state index in [-0.39, 0.29) is 0 Å². The Bertz CT molecular complexity index is 2850. The first-order valence-corrected chi connectivity index (χ1v) is 18.1. The van der Waals surface area contributed by atoms with Crippen molar-refractivity contribution in [1.29, 1.82) is 0 Å². The molecule has 10 rings (SSSR count). The maximum absolute atomic E-state index is 5.08. The molecular weight excluding hydrogens is 641 g/mol. The SMILES string of the molecule is c1ccc(-c2ccc(-c3ccccc3)c(-c3c4ccccc4c(-c4ccc(-n5c(-c6ccccc6)nc6ccccc65)cc4)c4ccccc34)c2)cc1. The van der Waals surface area contributed by atoms with Gasteiger partial charge in [0.1, 0.15) is 5.82 Å². The second kappa shape index (κ2) is 12.9. The molecule has 2 heteroatoms. The fraction of sp³-hybridized carbons (Fsp3) is 0. The molecule has 0 aliphatic rings. The second-order valence-electron chi connectivity index (χ2n) is 13.5. The third kappa shape index (κ3) is 5.32. The molecule has 2 nitrogen and oxygen atoms in total. The number of fused-ring (bicyclic) bond motifs is 3. The molecule has 9 aromatic carbocycles. The number of nitrogens with zero attached hydrogens (tertiary/aromatic N) is 2. The van der Waals surface area contributed by atoms with Gasteiger partial charge >= 0.3 is 0 Å². The van der Waals surface area contributed by atoms with E-state index in [9.17, 15) is 0 Å². The van der Waals surface area contributed by atoms with Gasteiger partial charge in [-0.2, -0.15) is 0 Å². The van der Waals surface area contributed by atoms with Crippen molar-refractivity contribution in [3.05, 3.63) is 206 Å². The van der Waals surface area contributed by atoms with Gasteiger partial charge in [0, 0.05) is 11.3 Å². The van der Waals surface area contributed by atoms with Gasteiger partial charge in [-0.15, -0.1) is 0 Å². The lowest BCUT2D eigenvalue weighted by atomic mass is 9.83. The van der Waals surface area contributed by atoms with Crippen molar-refractivity contribution in [2.75, 3.05) is 0 Å². The topological polar surface area (TPSA) is 17.8 Å². The molecule has 0 unspecified atom stereocenters. The minimum atomic E-state index is 0.937. The maximum Gasteiger partial charge on any atom is 0.145 e. The van der Waals surface area contributed by atoms with Crippen LogP contribution in [0.2, 0.25) is 0 Å². The number of aromatic nitrogens is 2. The van der Waals surface area contributed by atoms with Crippen molar-refractivity contribution in [2.45, 2.75) is 0 Å². The summed E-state index contributed by atoms with van der Waals surface area (Å²) in [5.74, 6) is 0.937. The van der Waals surface area contributed by atoms with Gasteiger partial charge in [0.2, 0.25) is 0 Å². The molecule has 0 radical (unpaired) electrons. The number of para-hydroxylation sites is 2. The lowest BCUT2D eigenvalue weighted by Gasteiger charge is -2.21. The molecule has 1 heterocycles. The Kier molecular flexibility index (Phi) is 7.51. The lowest BCUT2D eigenvalue weighted by molar-refractivity contribution is 1.10. The van der Waals surface area contributed by atoms with Crippen LogP contribution in [0.25, 0.3) is 94.2 Å². The summed E-state index contributed by atoms with van der Waals surface area (Å²) in [5.41, 5.74) is 14.0. The molecule has 0 N–H and O–H groups in total. The van der Waals surface area contributed by atoms with E-state index >= 15 is 0 Å². The summed E-state index contributed by atoms with van der Waals surface area (Å²) in [7, 11) is 0. The Morgan fingerprint density at radius 3 is 1.43 bits per heavy atom. The zero-order valence-electron chi connectivity index (χ0n) is 29.0. The molecule has 248 valence electrons. The summed E-state index contributed by atoms with van der Waals surface area (Å²) in [6.07, 6.45) is 0. The number of imidazole rings is 1. The van der Waals surface area contributed by atoms with Gasteiger partial charge in [-0.05, 0) is 96.4 Å². The van der Waals surface area contributed by atoms with E-state index in [4.69, 9.17) is 4.98 Å². The van der Waals surface area contributed by atoms with Gasteiger partial charge in [0.15, 0.2) is 0 Å². The summed E-state index contributed by atoms with van der Waals surface area (Å²) in [5, 5.41) is 4.94. The zero-order valence-corrected chi connectivity index (χ0v) is 29.0. The predicted octanol–water partition coefficient (Wildman–Crippen LogP) is 13.7. The molecule has 53 heavy (non-hydrogen) atoms. The molecule has 0 amide bonds. The molecule has 0 spiro atoms. The standard InChI is InChI=1S/C51H34N2/c1-4-16-35(17-5-1)39-30-33-41(36-18-6-2-7-19-36)46(34-39)50-44-24-12-10-22-42(44)49(43-23-11-13-25-45(43)50)37-28-31-40(32-29-37)53-48-27-15-14-26-47(48)52-51(53)38-20-8-3-9-21-38/h1-34H. The Morgan fingerprint density at radius 1 is 0.321 bits per heavy atom. The monoisotopic (exact) mass is 674 g/mol. The zero-order chi connectivity index (χ0) is 35.1. The van der Waals surface area contributed by atoms with Crippen LogP contribution >= 0.6 is 0 Å². The Balaban J connectivity index is 1.20. The normalized spacial score (nSPS) is 11.4. The highest BCUT2D eigenvalue weighted by atomic mass is 15.1. The smallest absolute Gasteiger partial charge is 0.145 e. The van der Waals surface area contributed by atoms with Gasteiger partial charge in [-0.3, -0.25) is 4.57 Å². The number of rotatable bonds is 6. The van der Waals surface area contributed by atoms with Crippen molar-refractivity contribution in [1.82, 2.24) is 9.55 Å². The van der Waals surface area contributed by atoms with Crippen molar-refractivity contribution >= 4 is 32.6 Å². The van der Waals surface area contributed by atoms with Crippen LogP contribution in [0.1, 0.15) is 0 Å². The highest BCUT2D eigenvalue weighted by molar-refractivity contribution is 6.22. The summed E-state index contributed by atoms with van der Waals surface area (Å²) in [6, 6.07) is 74.1. The Labute approximate surface area is 308 Å². The first-order chi connectivity index (χ1) is 26.3. The maximum atomic E-state index is 5.08. The molecule has 0 atom stereocenters. The van der Waals surface area contributed by atoms with Crippen LogP contribution in [0.15, 0.2) is 206 Å². The molecule has 0 aliphatic heterocycles. The lowest BCUT2D eigenvalue weighted by Crippen LogP contribution is -1.98. The van der Waals surface area contributed by atoms with Crippen LogP contribution < -0.4 is 0 Å². The van der Waals surface area contributed by atoms with E-state index in [0.717, 1.165) is 28.1 Å². The van der Waals surface area contributed by atoms with E-state index in [2.05, 4.69) is 205 Å². The van der Waals surface area contributed by atoms with Gasteiger partial charge in [0.05, 0.1) is 11.0 Å². The fourth-order valence-corrected chi connectivity index (χ4v) is 8.01. The molecule has 10 aromatic rings. The van der Waals surface area contributed by atoms with Gasteiger partial charge in [-0.25, -0.2) is 4.98 Å². The van der Waals surface area contributed by atoms with E-state index in [1.54, 1.807) is 0 Å². The highest BCUT2D eigenvalue weighted by Crippen LogP contribution is 2.47. The summed E-state index contributed by atoms with van der Waals surface area (Å²) in [6.45, 7) is 0. The summed E-state index contributed by atoms with van der Waals surface area (Å²) >= 11 is 0. The van der Waals surface area contributed by atoms with Gasteiger partial charge in [-0.1, -0.05) is 176 Å². The highest BCUT2D eigenvalue weighted by Gasteiger charge is 2.20.